The number of methoxy groups -OCH3 is 2. The zero-order valence-corrected chi connectivity index (χ0v) is 11.1. The summed E-state index contributed by atoms with van der Waals surface area (Å²) in [7, 11) is 3.11. The number of carbonyl (C=O) groups is 1. The van der Waals surface area contributed by atoms with Gasteiger partial charge >= 0.3 is 0 Å². The first-order chi connectivity index (χ1) is 9.17. The van der Waals surface area contributed by atoms with E-state index in [1.807, 2.05) is 6.92 Å². The molecule has 2 aromatic rings. The van der Waals surface area contributed by atoms with Crippen molar-refractivity contribution in [1.29, 1.82) is 0 Å². The van der Waals surface area contributed by atoms with Crippen molar-refractivity contribution >= 4 is 5.78 Å². The zero-order chi connectivity index (χ0) is 13.8. The Morgan fingerprint density at radius 2 is 1.84 bits per heavy atom. The van der Waals surface area contributed by atoms with E-state index in [-0.39, 0.29) is 5.78 Å². The highest BCUT2D eigenvalue weighted by Gasteiger charge is 2.14. The molecule has 0 atom stereocenters. The minimum Gasteiger partial charge on any atom is -0.493 e. The van der Waals surface area contributed by atoms with Gasteiger partial charge in [0, 0.05) is 23.5 Å². The van der Waals surface area contributed by atoms with E-state index in [2.05, 4.69) is 4.98 Å². The molecule has 0 radical (unpaired) electrons. The van der Waals surface area contributed by atoms with Crippen LogP contribution in [0.15, 0.2) is 36.7 Å². The van der Waals surface area contributed by atoms with E-state index in [4.69, 9.17) is 9.47 Å². The summed E-state index contributed by atoms with van der Waals surface area (Å²) < 4.78 is 10.4. The lowest BCUT2D eigenvalue weighted by molar-refractivity contribution is 0.103. The average molecular weight is 257 g/mol. The third kappa shape index (κ3) is 2.57. The summed E-state index contributed by atoms with van der Waals surface area (Å²) in [5.74, 6) is 1.09. The van der Waals surface area contributed by atoms with Crippen molar-refractivity contribution in [2.24, 2.45) is 0 Å². The monoisotopic (exact) mass is 257 g/mol. The molecule has 0 spiro atoms. The van der Waals surface area contributed by atoms with Gasteiger partial charge in [0.25, 0.3) is 0 Å². The van der Waals surface area contributed by atoms with Crippen molar-refractivity contribution in [2.75, 3.05) is 14.2 Å². The molecule has 1 aromatic carbocycles. The Kier molecular flexibility index (Phi) is 3.80. The Hall–Kier alpha value is -2.36. The van der Waals surface area contributed by atoms with Gasteiger partial charge in [0.05, 0.1) is 14.2 Å². The van der Waals surface area contributed by atoms with Crippen LogP contribution in [0.2, 0.25) is 0 Å². The van der Waals surface area contributed by atoms with Crippen molar-refractivity contribution in [3.8, 4) is 11.5 Å². The van der Waals surface area contributed by atoms with Crippen LogP contribution in [0.1, 0.15) is 21.5 Å². The molecular formula is C15H15NO3. The fourth-order valence-electron chi connectivity index (χ4n) is 1.86. The maximum atomic E-state index is 12.4. The van der Waals surface area contributed by atoms with E-state index in [9.17, 15) is 4.79 Å². The number of aryl methyl sites for hydroxylation is 1. The number of benzene rings is 1. The molecule has 0 fully saturated rings. The van der Waals surface area contributed by atoms with Gasteiger partial charge in [0.2, 0.25) is 0 Å². The largest absolute Gasteiger partial charge is 0.493 e. The van der Waals surface area contributed by atoms with E-state index in [0.29, 0.717) is 22.6 Å². The minimum absolute atomic E-state index is 0.0548. The predicted molar refractivity (Wildman–Crippen MR) is 72.0 cm³/mol. The van der Waals surface area contributed by atoms with Crippen LogP contribution in [0.4, 0.5) is 0 Å². The standard InChI is InChI=1S/C15H15NO3/c1-10-9-16-7-6-12(10)15(17)11-4-5-13(18-2)14(8-11)19-3/h4-9H,1-3H3. The van der Waals surface area contributed by atoms with Gasteiger partial charge < -0.3 is 9.47 Å². The third-order valence-electron chi connectivity index (χ3n) is 2.91. The Bertz CT molecular complexity index is 608. The number of rotatable bonds is 4. The lowest BCUT2D eigenvalue weighted by Gasteiger charge is -2.09. The summed E-state index contributed by atoms with van der Waals surface area (Å²) in [4.78, 5) is 16.4. The molecule has 4 nitrogen and oxygen atoms in total. The number of carbonyl (C=O) groups excluding carboxylic acids is 1. The van der Waals surface area contributed by atoms with Gasteiger partial charge in [-0.15, -0.1) is 0 Å². The molecule has 0 N–H and O–H groups in total. The molecule has 0 unspecified atom stereocenters. The number of ketones is 1. The summed E-state index contributed by atoms with van der Waals surface area (Å²) in [5.41, 5.74) is 2.05. The first-order valence-corrected chi connectivity index (χ1v) is 5.84. The molecule has 0 bridgehead atoms. The van der Waals surface area contributed by atoms with Crippen LogP contribution in [0.3, 0.4) is 0 Å². The Labute approximate surface area is 112 Å². The Morgan fingerprint density at radius 1 is 1.11 bits per heavy atom. The van der Waals surface area contributed by atoms with Crippen LogP contribution in [-0.2, 0) is 0 Å². The lowest BCUT2D eigenvalue weighted by Crippen LogP contribution is -2.04. The van der Waals surface area contributed by atoms with Gasteiger partial charge in [0.15, 0.2) is 17.3 Å². The summed E-state index contributed by atoms with van der Waals surface area (Å²) >= 11 is 0. The molecule has 0 aliphatic heterocycles. The van der Waals surface area contributed by atoms with Crippen molar-refractivity contribution in [2.45, 2.75) is 6.92 Å². The third-order valence-corrected chi connectivity index (χ3v) is 2.91. The minimum atomic E-state index is -0.0548. The number of pyridine rings is 1. The number of nitrogens with zero attached hydrogens (tertiary/aromatic N) is 1. The second-order valence-electron chi connectivity index (χ2n) is 4.09. The van der Waals surface area contributed by atoms with Gasteiger partial charge in [0.1, 0.15) is 0 Å². The number of ether oxygens (including phenoxy) is 2. The molecule has 0 amide bonds. The van der Waals surface area contributed by atoms with Crippen molar-refractivity contribution < 1.29 is 14.3 Å². The van der Waals surface area contributed by atoms with Crippen LogP contribution in [0.25, 0.3) is 0 Å². The predicted octanol–water partition coefficient (Wildman–Crippen LogP) is 2.64. The molecule has 1 heterocycles. The molecular weight excluding hydrogens is 242 g/mol. The Morgan fingerprint density at radius 3 is 2.47 bits per heavy atom. The van der Waals surface area contributed by atoms with Gasteiger partial charge in [-0.2, -0.15) is 0 Å². The van der Waals surface area contributed by atoms with Crippen LogP contribution in [0.5, 0.6) is 11.5 Å². The smallest absolute Gasteiger partial charge is 0.193 e. The normalized spacial score (nSPS) is 10.1. The second kappa shape index (κ2) is 5.52. The molecule has 0 saturated heterocycles. The maximum Gasteiger partial charge on any atom is 0.193 e. The average Bonchev–Trinajstić information content (AvgIpc) is 2.46. The summed E-state index contributed by atoms with van der Waals surface area (Å²) in [5, 5.41) is 0. The van der Waals surface area contributed by atoms with Crippen LogP contribution >= 0.6 is 0 Å². The van der Waals surface area contributed by atoms with Crippen molar-refractivity contribution in [1.82, 2.24) is 4.98 Å². The lowest BCUT2D eigenvalue weighted by atomic mass is 10.0. The SMILES string of the molecule is COc1ccc(C(=O)c2ccncc2C)cc1OC. The molecule has 2 rings (SSSR count). The highest BCUT2D eigenvalue weighted by atomic mass is 16.5. The van der Waals surface area contributed by atoms with E-state index in [1.54, 1.807) is 50.9 Å². The van der Waals surface area contributed by atoms with Crippen LogP contribution in [0, 0.1) is 6.92 Å². The summed E-state index contributed by atoms with van der Waals surface area (Å²) in [6.45, 7) is 1.86. The highest BCUT2D eigenvalue weighted by Crippen LogP contribution is 2.28. The quantitative estimate of drug-likeness (QED) is 0.790. The molecule has 0 aliphatic carbocycles. The van der Waals surface area contributed by atoms with Crippen LogP contribution < -0.4 is 9.47 Å². The number of hydrogen-bond acceptors (Lipinski definition) is 4. The topological polar surface area (TPSA) is 48.4 Å². The van der Waals surface area contributed by atoms with Gasteiger partial charge in [-0.25, -0.2) is 0 Å². The molecule has 19 heavy (non-hydrogen) atoms. The molecule has 4 heteroatoms. The molecule has 98 valence electrons. The van der Waals surface area contributed by atoms with Gasteiger partial charge in [-0.1, -0.05) is 0 Å². The van der Waals surface area contributed by atoms with Crippen molar-refractivity contribution in [3.63, 3.8) is 0 Å². The van der Waals surface area contributed by atoms with Crippen LogP contribution in [-0.4, -0.2) is 25.0 Å². The van der Waals surface area contributed by atoms with E-state index < -0.39 is 0 Å². The van der Waals surface area contributed by atoms with E-state index >= 15 is 0 Å². The molecule has 1 aromatic heterocycles. The fraction of sp³-hybridized carbons (Fsp3) is 0.200. The van der Waals surface area contributed by atoms with Gasteiger partial charge in [-0.3, -0.25) is 9.78 Å². The fourth-order valence-corrected chi connectivity index (χ4v) is 1.86. The van der Waals surface area contributed by atoms with E-state index in [1.165, 1.54) is 0 Å². The maximum absolute atomic E-state index is 12.4. The highest BCUT2D eigenvalue weighted by molar-refractivity contribution is 6.10. The molecule has 0 saturated carbocycles. The van der Waals surface area contributed by atoms with Gasteiger partial charge in [-0.05, 0) is 36.8 Å². The zero-order valence-electron chi connectivity index (χ0n) is 11.1. The van der Waals surface area contributed by atoms with E-state index in [0.717, 1.165) is 5.56 Å². The first-order valence-electron chi connectivity index (χ1n) is 5.84. The first kappa shape index (κ1) is 13.1. The Balaban J connectivity index is 2.42. The number of aromatic nitrogens is 1. The molecule has 0 aliphatic rings. The second-order valence-corrected chi connectivity index (χ2v) is 4.09. The summed E-state index contributed by atoms with van der Waals surface area (Å²) in [6, 6.07) is 6.85. The number of hydrogen-bond donors (Lipinski definition) is 0. The summed E-state index contributed by atoms with van der Waals surface area (Å²) in [6.07, 6.45) is 3.29. The van der Waals surface area contributed by atoms with Crippen molar-refractivity contribution in [3.05, 3.63) is 53.3 Å².